The van der Waals surface area contributed by atoms with E-state index in [4.69, 9.17) is 12.2 Å². The van der Waals surface area contributed by atoms with Crippen molar-refractivity contribution >= 4 is 0 Å². The van der Waals surface area contributed by atoms with E-state index < -0.39 is 0 Å². The van der Waals surface area contributed by atoms with Gasteiger partial charge in [0, 0.05) is 19.1 Å². The van der Waals surface area contributed by atoms with Gasteiger partial charge in [-0.05, 0) is 30.7 Å². The lowest BCUT2D eigenvalue weighted by atomic mass is 10.0. The maximum atomic E-state index is 6.21. The molecule has 1 aromatic rings. The summed E-state index contributed by atoms with van der Waals surface area (Å²) in [5.41, 5.74) is 7.42. The first-order valence-corrected chi connectivity index (χ1v) is 6.76. The minimum atomic E-state index is 0.116. The van der Waals surface area contributed by atoms with E-state index in [9.17, 15) is 0 Å². The molecule has 1 unspecified atom stereocenters. The summed E-state index contributed by atoms with van der Waals surface area (Å²) in [6.45, 7) is 2.89. The largest absolute Gasteiger partial charge is 0.324 e. The lowest BCUT2D eigenvalue weighted by Gasteiger charge is -2.21. The number of nitrogens with two attached hydrogens (primary N) is 1. The zero-order chi connectivity index (χ0) is 12.8. The van der Waals surface area contributed by atoms with Crippen LogP contribution in [0.15, 0.2) is 30.3 Å². The Labute approximate surface area is 110 Å². The summed E-state index contributed by atoms with van der Waals surface area (Å²) in [6, 6.07) is 10.4. The third-order valence-electron chi connectivity index (χ3n) is 3.51. The van der Waals surface area contributed by atoms with E-state index in [1.165, 1.54) is 18.4 Å². The summed E-state index contributed by atoms with van der Waals surface area (Å²) in [4.78, 5) is 2.36. The molecule has 1 aliphatic rings. The summed E-state index contributed by atoms with van der Waals surface area (Å²) in [7, 11) is 0. The summed E-state index contributed by atoms with van der Waals surface area (Å²) >= 11 is 0. The minimum absolute atomic E-state index is 0.116. The van der Waals surface area contributed by atoms with Crippen molar-refractivity contribution < 1.29 is 0 Å². The van der Waals surface area contributed by atoms with E-state index >= 15 is 0 Å². The lowest BCUT2D eigenvalue weighted by Crippen LogP contribution is -2.29. The first-order valence-electron chi connectivity index (χ1n) is 6.76. The fourth-order valence-corrected chi connectivity index (χ4v) is 2.22. The first-order chi connectivity index (χ1) is 8.79. The van der Waals surface area contributed by atoms with Crippen molar-refractivity contribution in [2.24, 2.45) is 11.7 Å². The highest BCUT2D eigenvalue weighted by atomic mass is 15.1. The van der Waals surface area contributed by atoms with Crippen molar-refractivity contribution in [2.75, 3.05) is 19.6 Å². The van der Waals surface area contributed by atoms with E-state index in [-0.39, 0.29) is 6.04 Å². The van der Waals surface area contributed by atoms with Gasteiger partial charge < -0.3 is 5.73 Å². The monoisotopic (exact) mass is 242 g/mol. The fraction of sp³-hybridized carbons (Fsp3) is 0.500. The number of benzene rings is 1. The van der Waals surface area contributed by atoms with E-state index in [2.05, 4.69) is 23.0 Å². The van der Waals surface area contributed by atoms with Gasteiger partial charge in [0.1, 0.15) is 0 Å². The Balaban J connectivity index is 1.79. The second kappa shape index (κ2) is 6.58. The molecule has 2 N–H and O–H groups in total. The normalized spacial score (nSPS) is 16.5. The maximum Gasteiger partial charge on any atom is 0.0599 e. The molecule has 0 heterocycles. The van der Waals surface area contributed by atoms with Gasteiger partial charge in [0.05, 0.1) is 6.54 Å². The van der Waals surface area contributed by atoms with Crippen LogP contribution >= 0.6 is 0 Å². The third kappa shape index (κ3) is 4.18. The van der Waals surface area contributed by atoms with Gasteiger partial charge in [0.2, 0.25) is 0 Å². The average Bonchev–Trinajstić information content (AvgIpc) is 3.21. The molecule has 0 saturated heterocycles. The molecule has 1 fully saturated rings. The van der Waals surface area contributed by atoms with Crippen LogP contribution in [-0.2, 0) is 0 Å². The SMILES string of the molecule is C#CCN(CCC(N)c1ccccc1)CC1CC1. The standard InChI is InChI=1S/C16H22N2/c1-2-11-18(13-14-8-9-14)12-10-16(17)15-6-4-3-5-7-15/h1,3-7,14,16H,8-13,17H2. The van der Waals surface area contributed by atoms with Crippen LogP contribution in [0.5, 0.6) is 0 Å². The highest BCUT2D eigenvalue weighted by Crippen LogP contribution is 2.29. The molecule has 18 heavy (non-hydrogen) atoms. The molecule has 2 nitrogen and oxygen atoms in total. The smallest absolute Gasteiger partial charge is 0.0599 e. The predicted molar refractivity (Wildman–Crippen MR) is 76.0 cm³/mol. The molecule has 0 amide bonds. The van der Waals surface area contributed by atoms with Crippen molar-refractivity contribution in [1.82, 2.24) is 4.90 Å². The third-order valence-corrected chi connectivity index (χ3v) is 3.51. The minimum Gasteiger partial charge on any atom is -0.324 e. The zero-order valence-electron chi connectivity index (χ0n) is 10.9. The lowest BCUT2D eigenvalue weighted by molar-refractivity contribution is 0.282. The van der Waals surface area contributed by atoms with Crippen LogP contribution in [0.1, 0.15) is 30.9 Å². The van der Waals surface area contributed by atoms with Crippen molar-refractivity contribution in [1.29, 1.82) is 0 Å². The second-order valence-corrected chi connectivity index (χ2v) is 5.19. The number of nitrogens with zero attached hydrogens (tertiary/aromatic N) is 1. The van der Waals surface area contributed by atoms with Crippen LogP contribution in [0.25, 0.3) is 0 Å². The van der Waals surface area contributed by atoms with E-state index in [1.807, 2.05) is 18.2 Å². The molecule has 96 valence electrons. The summed E-state index contributed by atoms with van der Waals surface area (Å²) in [5.74, 6) is 3.63. The number of hydrogen-bond donors (Lipinski definition) is 1. The molecule has 1 saturated carbocycles. The van der Waals surface area contributed by atoms with Gasteiger partial charge in [-0.3, -0.25) is 4.90 Å². The number of terminal acetylenes is 1. The summed E-state index contributed by atoms with van der Waals surface area (Å²) in [6.07, 6.45) is 9.12. The van der Waals surface area contributed by atoms with Crippen molar-refractivity contribution in [2.45, 2.75) is 25.3 Å². The maximum absolute atomic E-state index is 6.21. The number of hydrogen-bond acceptors (Lipinski definition) is 2. The Hall–Kier alpha value is -1.30. The van der Waals surface area contributed by atoms with E-state index in [0.717, 1.165) is 32.0 Å². The molecule has 1 atom stereocenters. The molecule has 1 aromatic carbocycles. The van der Waals surface area contributed by atoms with Gasteiger partial charge in [0.15, 0.2) is 0 Å². The summed E-state index contributed by atoms with van der Waals surface area (Å²) < 4.78 is 0. The Morgan fingerprint density at radius 2 is 2.06 bits per heavy atom. The molecule has 0 bridgehead atoms. The quantitative estimate of drug-likeness (QED) is 0.744. The van der Waals surface area contributed by atoms with Gasteiger partial charge in [-0.25, -0.2) is 0 Å². The molecule has 2 heteroatoms. The van der Waals surface area contributed by atoms with Crippen LogP contribution in [0.3, 0.4) is 0 Å². The molecule has 0 aliphatic heterocycles. The Morgan fingerprint density at radius 3 is 2.67 bits per heavy atom. The highest BCUT2D eigenvalue weighted by Gasteiger charge is 2.24. The zero-order valence-corrected chi connectivity index (χ0v) is 10.9. The van der Waals surface area contributed by atoms with Crippen molar-refractivity contribution in [3.05, 3.63) is 35.9 Å². The average molecular weight is 242 g/mol. The molecule has 0 radical (unpaired) electrons. The van der Waals surface area contributed by atoms with Crippen LogP contribution < -0.4 is 5.73 Å². The molecule has 0 spiro atoms. The van der Waals surface area contributed by atoms with Gasteiger partial charge in [-0.2, -0.15) is 0 Å². The Bertz CT molecular complexity index is 389. The Kier molecular flexibility index (Phi) is 4.81. The molecule has 2 rings (SSSR count). The molecule has 0 aromatic heterocycles. The van der Waals surface area contributed by atoms with Crippen LogP contribution in [0.4, 0.5) is 0 Å². The number of rotatable bonds is 7. The van der Waals surface area contributed by atoms with E-state index in [1.54, 1.807) is 0 Å². The van der Waals surface area contributed by atoms with Gasteiger partial charge in [0.25, 0.3) is 0 Å². The topological polar surface area (TPSA) is 29.3 Å². The van der Waals surface area contributed by atoms with Crippen molar-refractivity contribution in [3.63, 3.8) is 0 Å². The van der Waals surface area contributed by atoms with E-state index in [0.29, 0.717) is 0 Å². The fourth-order valence-electron chi connectivity index (χ4n) is 2.22. The second-order valence-electron chi connectivity index (χ2n) is 5.19. The first kappa shape index (κ1) is 13.1. The van der Waals surface area contributed by atoms with Crippen LogP contribution in [-0.4, -0.2) is 24.5 Å². The Morgan fingerprint density at radius 1 is 1.33 bits per heavy atom. The van der Waals surface area contributed by atoms with Gasteiger partial charge in [-0.1, -0.05) is 36.3 Å². The van der Waals surface area contributed by atoms with Crippen LogP contribution in [0.2, 0.25) is 0 Å². The predicted octanol–water partition coefficient (Wildman–Crippen LogP) is 2.42. The van der Waals surface area contributed by atoms with Gasteiger partial charge in [-0.15, -0.1) is 6.42 Å². The molecular weight excluding hydrogens is 220 g/mol. The molecule has 1 aliphatic carbocycles. The van der Waals surface area contributed by atoms with Crippen molar-refractivity contribution in [3.8, 4) is 12.3 Å². The molecular formula is C16H22N2. The van der Waals surface area contributed by atoms with Crippen LogP contribution in [0, 0.1) is 18.3 Å². The summed E-state index contributed by atoms with van der Waals surface area (Å²) in [5, 5.41) is 0. The highest BCUT2D eigenvalue weighted by molar-refractivity contribution is 5.18. The van der Waals surface area contributed by atoms with Gasteiger partial charge >= 0.3 is 0 Å².